The molecule has 0 aliphatic rings. The summed E-state index contributed by atoms with van der Waals surface area (Å²) in [6.45, 7) is 0. The molecule has 7 heteroatoms. The number of rotatable bonds is 3. The predicted molar refractivity (Wildman–Crippen MR) is 65.1 cm³/mol. The van der Waals surface area contributed by atoms with Crippen LogP contribution in [0.25, 0.3) is 11.3 Å². The summed E-state index contributed by atoms with van der Waals surface area (Å²) in [4.78, 5) is 17.9. The Bertz CT molecular complexity index is 601. The van der Waals surface area contributed by atoms with E-state index >= 15 is 0 Å². The van der Waals surface area contributed by atoms with Crippen LogP contribution in [-0.2, 0) is 0 Å². The fraction of sp³-hybridized carbons (Fsp3) is 0.0909. The molecule has 1 heterocycles. The number of nitrogen functional groups attached to an aromatic ring is 1. The molecule has 92 valence electrons. The van der Waals surface area contributed by atoms with Crippen LogP contribution in [0.3, 0.4) is 0 Å². The maximum atomic E-state index is 10.9. The van der Waals surface area contributed by atoms with Gasteiger partial charge in [-0.15, -0.1) is 0 Å². The molecule has 0 fully saturated rings. The van der Waals surface area contributed by atoms with Crippen LogP contribution >= 0.6 is 0 Å². The van der Waals surface area contributed by atoms with Gasteiger partial charge < -0.3 is 10.5 Å². The largest absolute Gasteiger partial charge is 0.497 e. The Hall–Kier alpha value is -2.70. The second-order valence-electron chi connectivity index (χ2n) is 3.45. The van der Waals surface area contributed by atoms with Crippen LogP contribution in [0.1, 0.15) is 0 Å². The quantitative estimate of drug-likeness (QED) is 0.652. The van der Waals surface area contributed by atoms with E-state index in [9.17, 15) is 10.1 Å². The van der Waals surface area contributed by atoms with Crippen molar-refractivity contribution in [2.45, 2.75) is 0 Å². The molecule has 18 heavy (non-hydrogen) atoms. The average molecular weight is 246 g/mol. The molecule has 7 nitrogen and oxygen atoms in total. The monoisotopic (exact) mass is 246 g/mol. The number of hydrogen-bond acceptors (Lipinski definition) is 6. The standard InChI is InChI=1S/C11H10N4O3/c1-18-8-4-2-3-7(5-8)10-9(15(16)17)6-13-11(12)14-10/h2-6H,1H3,(H2,12,13,14). The third-order valence-corrected chi connectivity index (χ3v) is 2.33. The van der Waals surface area contributed by atoms with Crippen molar-refractivity contribution in [3.8, 4) is 17.0 Å². The first kappa shape index (κ1) is 11.8. The lowest BCUT2D eigenvalue weighted by molar-refractivity contribution is -0.384. The molecule has 2 N–H and O–H groups in total. The number of nitrogens with zero attached hydrogens (tertiary/aromatic N) is 3. The van der Waals surface area contributed by atoms with Gasteiger partial charge in [-0.05, 0) is 12.1 Å². The van der Waals surface area contributed by atoms with Crippen molar-refractivity contribution in [3.05, 3.63) is 40.6 Å². The highest BCUT2D eigenvalue weighted by Crippen LogP contribution is 2.29. The molecule has 0 bridgehead atoms. The van der Waals surface area contributed by atoms with Crippen molar-refractivity contribution in [3.63, 3.8) is 0 Å². The minimum atomic E-state index is -0.547. The molecular formula is C11H10N4O3. The van der Waals surface area contributed by atoms with Crippen LogP contribution in [0.4, 0.5) is 11.6 Å². The van der Waals surface area contributed by atoms with Gasteiger partial charge >= 0.3 is 5.69 Å². The summed E-state index contributed by atoms with van der Waals surface area (Å²) in [5.74, 6) is 0.567. The van der Waals surface area contributed by atoms with Crippen molar-refractivity contribution in [1.82, 2.24) is 9.97 Å². The van der Waals surface area contributed by atoms with Crippen LogP contribution in [0.5, 0.6) is 5.75 Å². The normalized spacial score (nSPS) is 10.1. The van der Waals surface area contributed by atoms with Gasteiger partial charge in [0.1, 0.15) is 11.9 Å². The Morgan fingerprint density at radius 2 is 2.22 bits per heavy atom. The van der Waals surface area contributed by atoms with Crippen LogP contribution in [0.15, 0.2) is 30.5 Å². The maximum Gasteiger partial charge on any atom is 0.313 e. The lowest BCUT2D eigenvalue weighted by Crippen LogP contribution is -2.01. The summed E-state index contributed by atoms with van der Waals surface area (Å²) in [5, 5.41) is 10.9. The van der Waals surface area contributed by atoms with E-state index in [0.717, 1.165) is 6.20 Å². The fourth-order valence-electron chi connectivity index (χ4n) is 1.51. The molecular weight excluding hydrogens is 236 g/mol. The topological polar surface area (TPSA) is 104 Å². The van der Waals surface area contributed by atoms with Crippen LogP contribution < -0.4 is 10.5 Å². The Morgan fingerprint density at radius 3 is 2.89 bits per heavy atom. The van der Waals surface area contributed by atoms with Crippen molar-refractivity contribution in [2.24, 2.45) is 0 Å². The van der Waals surface area contributed by atoms with E-state index in [-0.39, 0.29) is 17.3 Å². The summed E-state index contributed by atoms with van der Waals surface area (Å²) in [6, 6.07) is 6.79. The SMILES string of the molecule is COc1cccc(-c2nc(N)ncc2[N+](=O)[O-])c1. The number of ether oxygens (including phenoxy) is 1. The lowest BCUT2D eigenvalue weighted by Gasteiger charge is -2.05. The molecule has 1 aromatic heterocycles. The minimum absolute atomic E-state index is 0.0154. The number of nitro groups is 1. The number of anilines is 1. The molecule has 0 amide bonds. The van der Waals surface area contributed by atoms with Gasteiger partial charge in [0.2, 0.25) is 5.95 Å². The molecule has 1 aromatic carbocycles. The van der Waals surface area contributed by atoms with Gasteiger partial charge in [-0.2, -0.15) is 0 Å². The highest BCUT2D eigenvalue weighted by atomic mass is 16.6. The highest BCUT2D eigenvalue weighted by Gasteiger charge is 2.18. The van der Waals surface area contributed by atoms with Crippen LogP contribution in [0.2, 0.25) is 0 Å². The number of nitrogens with two attached hydrogens (primary N) is 1. The predicted octanol–water partition coefficient (Wildman–Crippen LogP) is 1.64. The van der Waals surface area contributed by atoms with Gasteiger partial charge in [0.25, 0.3) is 0 Å². The van der Waals surface area contributed by atoms with Gasteiger partial charge in [-0.25, -0.2) is 9.97 Å². The first-order valence-electron chi connectivity index (χ1n) is 5.03. The Kier molecular flexibility index (Phi) is 3.05. The molecule has 0 spiro atoms. The van der Waals surface area contributed by atoms with Gasteiger partial charge in [0.15, 0.2) is 5.69 Å². The van der Waals surface area contributed by atoms with Gasteiger partial charge in [0, 0.05) is 5.56 Å². The van der Waals surface area contributed by atoms with E-state index in [1.54, 1.807) is 24.3 Å². The zero-order chi connectivity index (χ0) is 13.1. The molecule has 2 rings (SSSR count). The first-order chi connectivity index (χ1) is 8.61. The first-order valence-corrected chi connectivity index (χ1v) is 5.03. The van der Waals surface area contributed by atoms with Crippen LogP contribution in [-0.4, -0.2) is 22.0 Å². The zero-order valence-corrected chi connectivity index (χ0v) is 9.53. The van der Waals surface area contributed by atoms with Crippen molar-refractivity contribution >= 4 is 11.6 Å². The fourth-order valence-corrected chi connectivity index (χ4v) is 1.51. The highest BCUT2D eigenvalue weighted by molar-refractivity contribution is 5.70. The number of benzene rings is 1. The van der Waals surface area contributed by atoms with E-state index in [1.807, 2.05) is 0 Å². The second kappa shape index (κ2) is 4.66. The molecule has 0 unspecified atom stereocenters. The lowest BCUT2D eigenvalue weighted by atomic mass is 10.1. The minimum Gasteiger partial charge on any atom is -0.497 e. The summed E-state index contributed by atoms with van der Waals surface area (Å²) in [5.41, 5.74) is 5.99. The smallest absolute Gasteiger partial charge is 0.313 e. The van der Waals surface area contributed by atoms with E-state index in [2.05, 4.69) is 9.97 Å². The summed E-state index contributed by atoms with van der Waals surface area (Å²) in [7, 11) is 1.52. The zero-order valence-electron chi connectivity index (χ0n) is 9.53. The van der Waals surface area contributed by atoms with E-state index in [0.29, 0.717) is 11.3 Å². The number of hydrogen-bond donors (Lipinski definition) is 1. The van der Waals surface area contributed by atoms with Gasteiger partial charge in [0.05, 0.1) is 12.0 Å². The van der Waals surface area contributed by atoms with E-state index in [4.69, 9.17) is 10.5 Å². The number of aromatic nitrogens is 2. The summed E-state index contributed by atoms with van der Waals surface area (Å²) < 4.78 is 5.06. The number of methoxy groups -OCH3 is 1. The van der Waals surface area contributed by atoms with Gasteiger partial charge in [-0.3, -0.25) is 10.1 Å². The van der Waals surface area contributed by atoms with Gasteiger partial charge in [-0.1, -0.05) is 12.1 Å². The third-order valence-electron chi connectivity index (χ3n) is 2.33. The Labute approximate surface area is 102 Å². The molecule has 0 aliphatic heterocycles. The molecule has 0 saturated heterocycles. The Balaban J connectivity index is 2.61. The van der Waals surface area contributed by atoms with Crippen molar-refractivity contribution in [2.75, 3.05) is 12.8 Å². The molecule has 0 atom stereocenters. The summed E-state index contributed by atoms with van der Waals surface area (Å²) >= 11 is 0. The molecule has 2 aromatic rings. The maximum absolute atomic E-state index is 10.9. The average Bonchev–Trinajstić information content (AvgIpc) is 2.38. The molecule has 0 aliphatic carbocycles. The molecule has 0 saturated carbocycles. The Morgan fingerprint density at radius 1 is 1.44 bits per heavy atom. The second-order valence-corrected chi connectivity index (χ2v) is 3.45. The van der Waals surface area contributed by atoms with Crippen molar-refractivity contribution in [1.29, 1.82) is 0 Å². The third kappa shape index (κ3) is 2.19. The van der Waals surface area contributed by atoms with Crippen LogP contribution in [0, 0.1) is 10.1 Å². The summed E-state index contributed by atoms with van der Waals surface area (Å²) in [6.07, 6.45) is 1.09. The van der Waals surface area contributed by atoms with E-state index < -0.39 is 4.92 Å². The van der Waals surface area contributed by atoms with Crippen molar-refractivity contribution < 1.29 is 9.66 Å². The van der Waals surface area contributed by atoms with E-state index in [1.165, 1.54) is 7.11 Å². The molecule has 0 radical (unpaired) electrons.